The first-order chi connectivity index (χ1) is 12.6. The smallest absolute Gasteiger partial charge is 0.193 e. The van der Waals surface area contributed by atoms with E-state index in [0.29, 0.717) is 36.2 Å². The van der Waals surface area contributed by atoms with Gasteiger partial charge in [-0.25, -0.2) is 0 Å². The second-order valence-electron chi connectivity index (χ2n) is 5.38. The second-order valence-corrected chi connectivity index (χ2v) is 5.38. The minimum absolute atomic E-state index is 0. The molecule has 0 aliphatic carbocycles. The van der Waals surface area contributed by atoms with Crippen LogP contribution in [0.4, 0.5) is 5.69 Å². The fraction of sp³-hybridized carbons (Fsp3) is 0.316. The number of aliphatic imine (C=N–C) groups is 1. The van der Waals surface area contributed by atoms with Crippen LogP contribution in [0.25, 0.3) is 0 Å². The highest BCUT2D eigenvalue weighted by Gasteiger charge is 2.12. The Morgan fingerprint density at radius 3 is 1.93 bits per heavy atom. The summed E-state index contributed by atoms with van der Waals surface area (Å²) in [7, 11) is 6.45. The Kier molecular flexibility index (Phi) is 9.55. The molecule has 2 aromatic rings. The Hall–Kier alpha value is -2.36. The third-order valence-electron chi connectivity index (χ3n) is 3.82. The lowest BCUT2D eigenvalue weighted by molar-refractivity contribution is 0.369. The second kappa shape index (κ2) is 11.4. The van der Waals surface area contributed by atoms with Crippen LogP contribution in [0.5, 0.6) is 23.0 Å². The molecule has 0 saturated heterocycles. The minimum Gasteiger partial charge on any atom is -0.497 e. The van der Waals surface area contributed by atoms with Crippen LogP contribution in [0.15, 0.2) is 41.4 Å². The Balaban J connectivity index is 0.00000364. The van der Waals surface area contributed by atoms with E-state index in [9.17, 15) is 0 Å². The molecule has 0 aromatic heterocycles. The molecule has 0 fully saturated rings. The molecule has 0 unspecified atom stereocenters. The largest absolute Gasteiger partial charge is 0.497 e. The SMILES string of the molecule is COc1ccc(NC(N)=NCCc2c(OC)cc(OC)cc2OC)cc1.I. The van der Waals surface area contributed by atoms with E-state index < -0.39 is 0 Å². The summed E-state index contributed by atoms with van der Waals surface area (Å²) in [5.41, 5.74) is 7.71. The van der Waals surface area contributed by atoms with Gasteiger partial charge in [-0.2, -0.15) is 0 Å². The van der Waals surface area contributed by atoms with Crippen LogP contribution in [0.3, 0.4) is 0 Å². The summed E-state index contributed by atoms with van der Waals surface area (Å²) in [5, 5.41) is 3.04. The average Bonchev–Trinajstić information content (AvgIpc) is 2.68. The highest BCUT2D eigenvalue weighted by Crippen LogP contribution is 2.34. The summed E-state index contributed by atoms with van der Waals surface area (Å²) in [6, 6.07) is 11.1. The zero-order chi connectivity index (χ0) is 18.9. The van der Waals surface area contributed by atoms with Crippen molar-refractivity contribution >= 4 is 35.6 Å². The number of nitrogens with zero attached hydrogens (tertiary/aromatic N) is 1. The first kappa shape index (κ1) is 22.7. The van der Waals surface area contributed by atoms with Gasteiger partial charge in [-0.1, -0.05) is 0 Å². The highest BCUT2D eigenvalue weighted by atomic mass is 127. The monoisotopic (exact) mass is 487 g/mol. The number of hydrogen-bond donors (Lipinski definition) is 2. The molecule has 3 N–H and O–H groups in total. The maximum atomic E-state index is 5.95. The van der Waals surface area contributed by atoms with Crippen molar-refractivity contribution in [3.63, 3.8) is 0 Å². The molecule has 2 aromatic carbocycles. The van der Waals surface area contributed by atoms with Crippen molar-refractivity contribution in [3.05, 3.63) is 42.0 Å². The number of anilines is 1. The standard InChI is InChI=1S/C19H25N3O4.HI/c1-23-14-7-5-13(6-8-14)22-19(20)21-10-9-16-17(25-3)11-15(24-2)12-18(16)26-4;/h5-8,11-12H,9-10H2,1-4H3,(H3,20,21,22);1H. The minimum atomic E-state index is 0. The van der Waals surface area contributed by atoms with Crippen LogP contribution in [-0.2, 0) is 6.42 Å². The lowest BCUT2D eigenvalue weighted by Crippen LogP contribution is -2.23. The van der Waals surface area contributed by atoms with Crippen LogP contribution in [0.2, 0.25) is 0 Å². The number of rotatable bonds is 8. The molecular formula is C19H26IN3O4. The van der Waals surface area contributed by atoms with Gasteiger partial charge in [-0.05, 0) is 30.7 Å². The maximum Gasteiger partial charge on any atom is 0.193 e. The van der Waals surface area contributed by atoms with Gasteiger partial charge in [0.25, 0.3) is 0 Å². The van der Waals surface area contributed by atoms with Gasteiger partial charge < -0.3 is 30.0 Å². The van der Waals surface area contributed by atoms with Gasteiger partial charge in [-0.3, -0.25) is 4.99 Å². The van der Waals surface area contributed by atoms with Gasteiger partial charge in [0, 0.05) is 29.9 Å². The molecule has 2 rings (SSSR count). The Labute approximate surface area is 176 Å². The summed E-state index contributed by atoms with van der Waals surface area (Å²) in [5.74, 6) is 3.18. The normalized spacial score (nSPS) is 10.6. The predicted octanol–water partition coefficient (Wildman–Crippen LogP) is 3.31. The van der Waals surface area contributed by atoms with Gasteiger partial charge in [0.1, 0.15) is 23.0 Å². The van der Waals surface area contributed by atoms with Gasteiger partial charge >= 0.3 is 0 Å². The Bertz CT molecular complexity index is 726. The first-order valence-electron chi connectivity index (χ1n) is 8.11. The summed E-state index contributed by atoms with van der Waals surface area (Å²) in [4.78, 5) is 4.36. The number of hydrogen-bond acceptors (Lipinski definition) is 5. The van der Waals surface area contributed by atoms with Gasteiger partial charge in [-0.15, -0.1) is 24.0 Å². The van der Waals surface area contributed by atoms with Gasteiger partial charge in [0.15, 0.2) is 5.96 Å². The van der Waals surface area contributed by atoms with Crippen LogP contribution in [-0.4, -0.2) is 40.9 Å². The summed E-state index contributed by atoms with van der Waals surface area (Å²) in [6.07, 6.45) is 0.612. The van der Waals surface area contributed by atoms with E-state index in [4.69, 9.17) is 24.7 Å². The lowest BCUT2D eigenvalue weighted by atomic mass is 10.1. The quantitative estimate of drug-likeness (QED) is 0.338. The van der Waals surface area contributed by atoms with Gasteiger partial charge in [0.2, 0.25) is 0 Å². The Morgan fingerprint density at radius 1 is 0.889 bits per heavy atom. The average molecular weight is 487 g/mol. The number of methoxy groups -OCH3 is 4. The summed E-state index contributed by atoms with van der Waals surface area (Å²) < 4.78 is 21.3. The molecule has 0 radical (unpaired) electrons. The van der Waals surface area contributed by atoms with Crippen LogP contribution in [0.1, 0.15) is 5.56 Å². The van der Waals surface area contributed by atoms with Gasteiger partial charge in [0.05, 0.1) is 28.4 Å². The number of nitrogens with two attached hydrogens (primary N) is 1. The molecule has 27 heavy (non-hydrogen) atoms. The van der Waals surface area contributed by atoms with E-state index in [-0.39, 0.29) is 24.0 Å². The zero-order valence-electron chi connectivity index (χ0n) is 15.9. The van der Waals surface area contributed by atoms with Crippen molar-refractivity contribution in [2.24, 2.45) is 10.7 Å². The van der Waals surface area contributed by atoms with Crippen molar-refractivity contribution in [2.75, 3.05) is 40.3 Å². The van der Waals surface area contributed by atoms with Crippen molar-refractivity contribution < 1.29 is 18.9 Å². The highest BCUT2D eigenvalue weighted by molar-refractivity contribution is 14.0. The summed E-state index contributed by atoms with van der Waals surface area (Å²) in [6.45, 7) is 0.480. The molecule has 0 spiro atoms. The van der Waals surface area contributed by atoms with E-state index in [1.165, 1.54) is 0 Å². The lowest BCUT2D eigenvalue weighted by Gasteiger charge is -2.14. The van der Waals surface area contributed by atoms with Crippen LogP contribution < -0.4 is 30.0 Å². The van der Waals surface area contributed by atoms with Crippen LogP contribution >= 0.6 is 24.0 Å². The number of halogens is 1. The third-order valence-corrected chi connectivity index (χ3v) is 3.82. The molecule has 7 nitrogen and oxygen atoms in total. The van der Waals surface area contributed by atoms with E-state index in [0.717, 1.165) is 17.0 Å². The molecule has 148 valence electrons. The topological polar surface area (TPSA) is 87.3 Å². The van der Waals surface area contributed by atoms with E-state index >= 15 is 0 Å². The molecule has 0 aliphatic rings. The number of guanidine groups is 1. The molecule has 0 amide bonds. The molecular weight excluding hydrogens is 461 g/mol. The number of ether oxygens (including phenoxy) is 4. The van der Waals surface area contributed by atoms with Crippen molar-refractivity contribution in [1.29, 1.82) is 0 Å². The predicted molar refractivity (Wildman–Crippen MR) is 118 cm³/mol. The molecule has 0 atom stereocenters. The van der Waals surface area contributed by atoms with Crippen molar-refractivity contribution in [2.45, 2.75) is 6.42 Å². The van der Waals surface area contributed by atoms with Crippen LogP contribution in [0, 0.1) is 0 Å². The molecule has 0 aliphatic heterocycles. The summed E-state index contributed by atoms with van der Waals surface area (Å²) >= 11 is 0. The Morgan fingerprint density at radius 2 is 1.44 bits per heavy atom. The third kappa shape index (κ3) is 6.38. The molecule has 8 heteroatoms. The molecule has 0 bridgehead atoms. The maximum absolute atomic E-state index is 5.95. The molecule has 0 heterocycles. The zero-order valence-corrected chi connectivity index (χ0v) is 18.3. The fourth-order valence-electron chi connectivity index (χ4n) is 2.47. The number of nitrogens with one attached hydrogen (secondary N) is 1. The van der Waals surface area contributed by atoms with E-state index in [1.54, 1.807) is 28.4 Å². The van der Waals surface area contributed by atoms with Crippen molar-refractivity contribution in [3.8, 4) is 23.0 Å². The molecule has 0 saturated carbocycles. The fourth-order valence-corrected chi connectivity index (χ4v) is 2.47. The van der Waals surface area contributed by atoms with Crippen molar-refractivity contribution in [1.82, 2.24) is 0 Å². The van der Waals surface area contributed by atoms with E-state index in [1.807, 2.05) is 36.4 Å². The van der Waals surface area contributed by atoms with E-state index in [2.05, 4.69) is 10.3 Å². The number of benzene rings is 2. The first-order valence-corrected chi connectivity index (χ1v) is 8.11.